The van der Waals surface area contributed by atoms with Crippen LogP contribution in [-0.2, 0) is 6.54 Å². The topological polar surface area (TPSA) is 76.6 Å². The Kier molecular flexibility index (Phi) is 4.18. The van der Waals surface area contributed by atoms with Crippen molar-refractivity contribution >= 4 is 27.3 Å². The molecule has 0 spiro atoms. The van der Waals surface area contributed by atoms with Crippen LogP contribution in [-0.4, -0.2) is 26.9 Å². The highest BCUT2D eigenvalue weighted by Gasteiger charge is 2.12. The van der Waals surface area contributed by atoms with Gasteiger partial charge in [0.05, 0.1) is 24.9 Å². The second-order valence-corrected chi connectivity index (χ2v) is 6.16. The van der Waals surface area contributed by atoms with Gasteiger partial charge in [0.15, 0.2) is 0 Å². The number of halogens is 1. The number of thiazole rings is 1. The van der Waals surface area contributed by atoms with E-state index >= 15 is 0 Å². The lowest BCUT2D eigenvalue weighted by Crippen LogP contribution is -2.01. The summed E-state index contributed by atoms with van der Waals surface area (Å²) < 4.78 is 8.01. The van der Waals surface area contributed by atoms with E-state index in [9.17, 15) is 0 Å². The van der Waals surface area contributed by atoms with Crippen molar-refractivity contribution in [2.45, 2.75) is 6.54 Å². The van der Waals surface area contributed by atoms with Gasteiger partial charge in [-0.05, 0) is 18.2 Å². The highest BCUT2D eigenvalue weighted by Crippen LogP contribution is 2.34. The molecule has 0 N–H and O–H groups in total. The summed E-state index contributed by atoms with van der Waals surface area (Å²) in [4.78, 5) is 4.61. The maximum atomic E-state index is 8.95. The van der Waals surface area contributed by atoms with Gasteiger partial charge >= 0.3 is 0 Å². The molecule has 0 fully saturated rings. The average Bonchev–Trinajstić information content (AvgIpc) is 3.16. The molecule has 6 nitrogen and oxygen atoms in total. The number of nitriles is 1. The summed E-state index contributed by atoms with van der Waals surface area (Å²) >= 11 is 4.99. The molecule has 0 saturated carbocycles. The quantitative estimate of drug-likeness (QED) is 0.699. The van der Waals surface area contributed by atoms with E-state index in [1.165, 1.54) is 17.7 Å². The summed E-state index contributed by atoms with van der Waals surface area (Å²) in [6.45, 7) is 0.461. The Labute approximate surface area is 139 Å². The molecule has 1 aromatic carbocycles. The molecule has 3 aromatic rings. The molecule has 8 heteroatoms. The third kappa shape index (κ3) is 2.86. The van der Waals surface area contributed by atoms with Gasteiger partial charge in [0.1, 0.15) is 23.2 Å². The normalized spacial score (nSPS) is 10.4. The van der Waals surface area contributed by atoms with Crippen LogP contribution in [0.2, 0.25) is 0 Å². The number of rotatable bonds is 4. The van der Waals surface area contributed by atoms with Crippen LogP contribution in [0.3, 0.4) is 0 Å². The second kappa shape index (κ2) is 6.25. The molecule has 0 aliphatic carbocycles. The minimum absolute atomic E-state index is 0.273. The lowest BCUT2D eigenvalue weighted by Gasteiger charge is -2.06. The van der Waals surface area contributed by atoms with Crippen molar-refractivity contribution in [3.05, 3.63) is 45.9 Å². The van der Waals surface area contributed by atoms with Gasteiger partial charge in [-0.2, -0.15) is 5.26 Å². The van der Waals surface area contributed by atoms with Gasteiger partial charge in [-0.25, -0.2) is 4.98 Å². The highest BCUT2D eigenvalue weighted by molar-refractivity contribution is 9.10. The van der Waals surface area contributed by atoms with Crippen molar-refractivity contribution in [1.29, 1.82) is 5.26 Å². The molecule has 0 radical (unpaired) electrons. The Morgan fingerprint density at radius 3 is 3.09 bits per heavy atom. The summed E-state index contributed by atoms with van der Waals surface area (Å²) in [5.41, 5.74) is 1.77. The molecule has 0 saturated heterocycles. The number of ether oxygens (including phenoxy) is 1. The summed E-state index contributed by atoms with van der Waals surface area (Å²) in [6, 6.07) is 7.79. The standard InChI is InChI=1S/C14H10BrN5OS/c1-21-12-3-2-9(15)4-11(12)14-18-10(7-22-14)6-20-8-17-19-13(20)5-16/h2-4,7-8H,6H2,1H3. The minimum atomic E-state index is 0.273. The van der Waals surface area contributed by atoms with E-state index in [1.807, 2.05) is 29.6 Å². The molecule has 2 heterocycles. The van der Waals surface area contributed by atoms with Crippen LogP contribution < -0.4 is 4.74 Å². The molecule has 2 aromatic heterocycles. The predicted octanol–water partition coefficient (Wildman–Crippen LogP) is 3.09. The Morgan fingerprint density at radius 1 is 1.45 bits per heavy atom. The highest BCUT2D eigenvalue weighted by atomic mass is 79.9. The van der Waals surface area contributed by atoms with Crippen molar-refractivity contribution in [3.8, 4) is 22.4 Å². The Balaban J connectivity index is 1.91. The number of hydrogen-bond acceptors (Lipinski definition) is 6. The maximum Gasteiger partial charge on any atom is 0.235 e. The van der Waals surface area contributed by atoms with Crippen LogP contribution in [0.1, 0.15) is 11.5 Å². The van der Waals surface area contributed by atoms with Gasteiger partial charge in [0.25, 0.3) is 0 Å². The summed E-state index contributed by atoms with van der Waals surface area (Å²) in [5.74, 6) is 1.04. The Morgan fingerprint density at radius 2 is 2.32 bits per heavy atom. The van der Waals surface area contributed by atoms with Crippen LogP contribution in [0.4, 0.5) is 0 Å². The SMILES string of the molecule is COc1ccc(Br)cc1-c1nc(Cn2cnnc2C#N)cs1. The van der Waals surface area contributed by atoms with Crippen molar-refractivity contribution in [1.82, 2.24) is 19.7 Å². The number of hydrogen-bond donors (Lipinski definition) is 0. The second-order valence-electron chi connectivity index (χ2n) is 4.38. The summed E-state index contributed by atoms with van der Waals surface area (Å²) in [7, 11) is 1.64. The maximum absolute atomic E-state index is 8.95. The molecule has 0 aliphatic rings. The fourth-order valence-corrected chi connectivity index (χ4v) is 3.17. The fourth-order valence-electron chi connectivity index (χ4n) is 1.98. The van der Waals surface area contributed by atoms with E-state index in [1.54, 1.807) is 11.7 Å². The van der Waals surface area contributed by atoms with Crippen molar-refractivity contribution < 1.29 is 4.74 Å². The van der Waals surface area contributed by atoms with E-state index in [0.29, 0.717) is 6.54 Å². The van der Waals surface area contributed by atoms with E-state index in [2.05, 4.69) is 31.1 Å². The number of nitrogens with zero attached hydrogens (tertiary/aromatic N) is 5. The zero-order valence-electron chi connectivity index (χ0n) is 11.5. The molecule has 0 aliphatic heterocycles. The Bertz CT molecular complexity index is 851. The first kappa shape index (κ1) is 14.7. The van der Waals surface area contributed by atoms with Gasteiger partial charge in [0.2, 0.25) is 5.82 Å². The number of aromatic nitrogens is 4. The largest absolute Gasteiger partial charge is 0.496 e. The first-order chi connectivity index (χ1) is 10.7. The van der Waals surface area contributed by atoms with Gasteiger partial charge in [-0.1, -0.05) is 15.9 Å². The zero-order chi connectivity index (χ0) is 15.5. The molecule has 3 rings (SSSR count). The van der Waals surface area contributed by atoms with Crippen LogP contribution >= 0.6 is 27.3 Å². The van der Waals surface area contributed by atoms with Crippen molar-refractivity contribution in [3.63, 3.8) is 0 Å². The van der Waals surface area contributed by atoms with Gasteiger partial charge in [-0.3, -0.25) is 4.57 Å². The van der Waals surface area contributed by atoms with E-state index in [4.69, 9.17) is 10.00 Å². The molecule has 0 atom stereocenters. The number of methoxy groups -OCH3 is 1. The molecular formula is C14H10BrN5OS. The minimum Gasteiger partial charge on any atom is -0.496 e. The van der Waals surface area contributed by atoms with Crippen LogP contribution in [0.15, 0.2) is 34.4 Å². The fraction of sp³-hybridized carbons (Fsp3) is 0.143. The van der Waals surface area contributed by atoms with Crippen LogP contribution in [0.25, 0.3) is 10.6 Å². The van der Waals surface area contributed by atoms with Gasteiger partial charge in [0, 0.05) is 9.85 Å². The summed E-state index contributed by atoms with van der Waals surface area (Å²) in [5, 5.41) is 19.2. The third-order valence-corrected chi connectivity index (χ3v) is 4.41. The average molecular weight is 376 g/mol. The first-order valence-corrected chi connectivity index (χ1v) is 7.94. The van der Waals surface area contributed by atoms with E-state index < -0.39 is 0 Å². The molecule has 0 unspecified atom stereocenters. The molecule has 110 valence electrons. The molecule has 0 bridgehead atoms. The van der Waals surface area contributed by atoms with E-state index in [-0.39, 0.29) is 5.82 Å². The molecular weight excluding hydrogens is 366 g/mol. The lowest BCUT2D eigenvalue weighted by molar-refractivity contribution is 0.416. The first-order valence-electron chi connectivity index (χ1n) is 6.27. The zero-order valence-corrected chi connectivity index (χ0v) is 13.9. The monoisotopic (exact) mass is 375 g/mol. The summed E-state index contributed by atoms with van der Waals surface area (Å²) in [6.07, 6.45) is 1.53. The van der Waals surface area contributed by atoms with Crippen molar-refractivity contribution in [2.24, 2.45) is 0 Å². The van der Waals surface area contributed by atoms with Gasteiger partial charge in [-0.15, -0.1) is 21.5 Å². The molecule has 22 heavy (non-hydrogen) atoms. The Hall–Kier alpha value is -2.24. The lowest BCUT2D eigenvalue weighted by atomic mass is 10.2. The third-order valence-electron chi connectivity index (χ3n) is 2.99. The van der Waals surface area contributed by atoms with Gasteiger partial charge < -0.3 is 4.74 Å². The predicted molar refractivity (Wildman–Crippen MR) is 85.6 cm³/mol. The molecule has 0 amide bonds. The van der Waals surface area contributed by atoms with Crippen molar-refractivity contribution in [2.75, 3.05) is 7.11 Å². The number of benzene rings is 1. The van der Waals surface area contributed by atoms with Crippen LogP contribution in [0, 0.1) is 11.3 Å². The van der Waals surface area contributed by atoms with Crippen LogP contribution in [0.5, 0.6) is 5.75 Å². The van der Waals surface area contributed by atoms with E-state index in [0.717, 1.165) is 26.5 Å². The smallest absolute Gasteiger partial charge is 0.235 e.